The summed E-state index contributed by atoms with van der Waals surface area (Å²) in [5.74, 6) is 0. The van der Waals surface area contributed by atoms with Crippen LogP contribution in [0.15, 0.2) is 29.6 Å². The zero-order valence-corrected chi connectivity index (χ0v) is 12.4. The summed E-state index contributed by atoms with van der Waals surface area (Å²) < 4.78 is 0.789. The van der Waals surface area contributed by atoms with E-state index in [9.17, 15) is 0 Å². The van der Waals surface area contributed by atoms with E-state index >= 15 is 0 Å². The Bertz CT molecular complexity index is 355. The SMILES string of the molecule is CP(C)C1=Cc2ccccc2[CH]1[Hf]. The van der Waals surface area contributed by atoms with E-state index in [4.69, 9.17) is 0 Å². The third kappa shape index (κ3) is 1.74. The van der Waals surface area contributed by atoms with E-state index in [2.05, 4.69) is 43.7 Å². The first kappa shape index (κ1) is 9.80. The predicted octanol–water partition coefficient (Wildman–Crippen LogP) is 3.37. The molecule has 0 heterocycles. The zero-order valence-electron chi connectivity index (χ0n) is 7.91. The van der Waals surface area contributed by atoms with Crippen molar-refractivity contribution in [2.75, 3.05) is 13.3 Å². The van der Waals surface area contributed by atoms with Gasteiger partial charge < -0.3 is 0 Å². The third-order valence-corrected chi connectivity index (χ3v) is 6.95. The van der Waals surface area contributed by atoms with Crippen LogP contribution in [0.25, 0.3) is 6.08 Å². The maximum absolute atomic E-state index is 2.42. The first-order valence-electron chi connectivity index (χ1n) is 4.39. The van der Waals surface area contributed by atoms with Crippen LogP contribution in [0.5, 0.6) is 0 Å². The van der Waals surface area contributed by atoms with Crippen molar-refractivity contribution in [3.63, 3.8) is 0 Å². The molecule has 0 N–H and O–H groups in total. The molecule has 0 aromatic heterocycles. The van der Waals surface area contributed by atoms with Crippen molar-refractivity contribution in [1.29, 1.82) is 0 Å². The van der Waals surface area contributed by atoms with Gasteiger partial charge in [0.2, 0.25) is 0 Å². The Morgan fingerprint density at radius 1 is 1.23 bits per heavy atom. The molecule has 0 bridgehead atoms. The number of hydrogen-bond acceptors (Lipinski definition) is 0. The quantitative estimate of drug-likeness (QED) is 0.536. The van der Waals surface area contributed by atoms with E-state index in [1.807, 2.05) is 0 Å². The van der Waals surface area contributed by atoms with Gasteiger partial charge in [-0.05, 0) is 0 Å². The number of hydrogen-bond donors (Lipinski definition) is 0. The number of rotatable bonds is 1. The summed E-state index contributed by atoms with van der Waals surface area (Å²) in [4.78, 5) is 0. The summed E-state index contributed by atoms with van der Waals surface area (Å²) in [7, 11) is 0.109. The first-order valence-corrected chi connectivity index (χ1v) is 8.70. The summed E-state index contributed by atoms with van der Waals surface area (Å²) in [6.07, 6.45) is 2.42. The Hall–Kier alpha value is 0.260. The fourth-order valence-corrected chi connectivity index (χ4v) is 6.77. The fraction of sp³-hybridized carbons (Fsp3) is 0.273. The molecule has 2 heteroatoms. The molecule has 1 atom stereocenters. The van der Waals surface area contributed by atoms with Gasteiger partial charge in [-0.3, -0.25) is 0 Å². The average molecular weight is 354 g/mol. The number of fused-ring (bicyclic) bond motifs is 1. The molecule has 0 amide bonds. The summed E-state index contributed by atoms with van der Waals surface area (Å²) in [6, 6.07) is 8.83. The van der Waals surface area contributed by atoms with E-state index in [-0.39, 0.29) is 7.92 Å². The van der Waals surface area contributed by atoms with Gasteiger partial charge in [0.15, 0.2) is 0 Å². The Kier molecular flexibility index (Phi) is 2.86. The molecular formula is C11H12HfP. The van der Waals surface area contributed by atoms with Crippen molar-refractivity contribution in [1.82, 2.24) is 0 Å². The summed E-state index contributed by atoms with van der Waals surface area (Å²) in [5, 5.41) is 1.70. The molecule has 1 unspecified atom stereocenters. The Morgan fingerprint density at radius 2 is 1.92 bits per heavy atom. The molecule has 0 saturated carbocycles. The van der Waals surface area contributed by atoms with Gasteiger partial charge in [-0.2, -0.15) is 0 Å². The van der Waals surface area contributed by atoms with Crippen LogP contribution in [-0.4, -0.2) is 13.3 Å². The van der Waals surface area contributed by atoms with Crippen LogP contribution in [0.1, 0.15) is 14.8 Å². The van der Waals surface area contributed by atoms with Gasteiger partial charge in [-0.15, -0.1) is 0 Å². The standard InChI is InChI=1S/C11H12P.Hf/c1-12(2)11-7-9-5-3-4-6-10(9)8-11;/h3-8H,1-2H3;. The molecule has 0 radical (unpaired) electrons. The summed E-state index contributed by atoms with van der Waals surface area (Å²) >= 11 is 1.26. The van der Waals surface area contributed by atoms with Gasteiger partial charge in [-0.25, -0.2) is 0 Å². The minimum atomic E-state index is 0.109. The second-order valence-electron chi connectivity index (χ2n) is 3.53. The van der Waals surface area contributed by atoms with Crippen molar-refractivity contribution < 1.29 is 24.4 Å². The van der Waals surface area contributed by atoms with Crippen molar-refractivity contribution in [2.24, 2.45) is 0 Å². The topological polar surface area (TPSA) is 0 Å². The van der Waals surface area contributed by atoms with Gasteiger partial charge in [0.1, 0.15) is 0 Å². The molecule has 1 aliphatic carbocycles. The predicted molar refractivity (Wildman–Crippen MR) is 55.9 cm³/mol. The van der Waals surface area contributed by atoms with Gasteiger partial charge in [0, 0.05) is 0 Å². The van der Waals surface area contributed by atoms with E-state index in [1.165, 1.54) is 29.9 Å². The average Bonchev–Trinajstić information content (AvgIpc) is 2.45. The van der Waals surface area contributed by atoms with Gasteiger partial charge in [0.05, 0.1) is 0 Å². The van der Waals surface area contributed by atoms with Crippen LogP contribution >= 0.6 is 7.92 Å². The Balaban J connectivity index is 2.44. The molecule has 0 saturated heterocycles. The molecule has 1 aromatic carbocycles. The molecular weight excluding hydrogens is 342 g/mol. The van der Waals surface area contributed by atoms with E-state index in [0.717, 1.165) is 3.67 Å². The molecule has 0 spiro atoms. The normalized spacial score (nSPS) is 20.2. The van der Waals surface area contributed by atoms with E-state index in [1.54, 1.807) is 10.9 Å². The minimum absolute atomic E-state index is 0.109. The molecule has 0 aliphatic heterocycles. The fourth-order valence-electron chi connectivity index (χ4n) is 1.69. The van der Waals surface area contributed by atoms with E-state index < -0.39 is 0 Å². The number of allylic oxidation sites excluding steroid dienone is 1. The molecule has 0 nitrogen and oxygen atoms in total. The molecule has 0 fully saturated rings. The van der Waals surface area contributed by atoms with Crippen molar-refractivity contribution in [2.45, 2.75) is 3.67 Å². The van der Waals surface area contributed by atoms with Crippen molar-refractivity contribution in [3.8, 4) is 0 Å². The maximum atomic E-state index is 2.42. The molecule has 65 valence electrons. The van der Waals surface area contributed by atoms with Gasteiger partial charge >= 0.3 is 96.1 Å². The molecule has 2 rings (SSSR count). The third-order valence-electron chi connectivity index (χ3n) is 2.42. The zero-order chi connectivity index (χ0) is 9.42. The van der Waals surface area contributed by atoms with Crippen LogP contribution < -0.4 is 0 Å². The van der Waals surface area contributed by atoms with E-state index in [0.29, 0.717) is 0 Å². The molecule has 1 aliphatic rings. The second-order valence-corrected chi connectivity index (χ2v) is 7.91. The van der Waals surface area contributed by atoms with Crippen LogP contribution in [0.4, 0.5) is 0 Å². The van der Waals surface area contributed by atoms with Gasteiger partial charge in [-0.1, -0.05) is 0 Å². The molecule has 1 aromatic rings. The van der Waals surface area contributed by atoms with Gasteiger partial charge in [0.25, 0.3) is 0 Å². The van der Waals surface area contributed by atoms with Crippen molar-refractivity contribution in [3.05, 3.63) is 40.7 Å². The molecule has 13 heavy (non-hydrogen) atoms. The number of benzene rings is 1. The van der Waals surface area contributed by atoms with Crippen LogP contribution in [0.2, 0.25) is 0 Å². The van der Waals surface area contributed by atoms with Crippen LogP contribution in [-0.2, 0) is 24.4 Å². The first-order chi connectivity index (χ1) is 6.20. The Labute approximate surface area is 95.8 Å². The van der Waals surface area contributed by atoms with Crippen LogP contribution in [0, 0.1) is 0 Å². The monoisotopic (exact) mass is 355 g/mol. The van der Waals surface area contributed by atoms with Crippen LogP contribution in [0.3, 0.4) is 0 Å². The van der Waals surface area contributed by atoms with Crippen molar-refractivity contribution >= 4 is 14.0 Å². The Morgan fingerprint density at radius 3 is 2.54 bits per heavy atom. The summed E-state index contributed by atoms with van der Waals surface area (Å²) in [5.41, 5.74) is 3.04. The second kappa shape index (κ2) is 3.79. The summed E-state index contributed by atoms with van der Waals surface area (Å²) in [6.45, 7) is 4.72.